The Labute approximate surface area is 96.0 Å². The van der Waals surface area contributed by atoms with Crippen molar-refractivity contribution in [1.29, 1.82) is 0 Å². The number of hydrogen-bond acceptors (Lipinski definition) is 1. The largest absolute Gasteiger partial charge is 0.316 e. The zero-order chi connectivity index (χ0) is 10.9. The second kappa shape index (κ2) is 8.15. The van der Waals surface area contributed by atoms with E-state index in [2.05, 4.69) is 19.2 Å². The van der Waals surface area contributed by atoms with Gasteiger partial charge in [-0.15, -0.1) is 0 Å². The number of rotatable bonds is 8. The standard InChI is InChI=1S/C14H29N/c1-3-13(4-2)12-15-11-7-10-14-8-5-6-9-14/h13-15H,3-12H2,1-2H3. The third-order valence-corrected chi connectivity index (χ3v) is 4.03. The lowest BCUT2D eigenvalue weighted by molar-refractivity contribution is 0.426. The normalized spacial score (nSPS) is 17.8. The van der Waals surface area contributed by atoms with Gasteiger partial charge in [-0.1, -0.05) is 52.4 Å². The Morgan fingerprint density at radius 3 is 2.40 bits per heavy atom. The van der Waals surface area contributed by atoms with Gasteiger partial charge >= 0.3 is 0 Å². The fourth-order valence-corrected chi connectivity index (χ4v) is 2.70. The Bertz CT molecular complexity index is 130. The van der Waals surface area contributed by atoms with Crippen molar-refractivity contribution in [3.8, 4) is 0 Å². The van der Waals surface area contributed by atoms with E-state index in [1.807, 2.05) is 0 Å². The maximum Gasteiger partial charge on any atom is -0.00207 e. The fraction of sp³-hybridized carbons (Fsp3) is 1.00. The summed E-state index contributed by atoms with van der Waals surface area (Å²) in [6.45, 7) is 7.08. The zero-order valence-corrected chi connectivity index (χ0v) is 10.7. The Morgan fingerprint density at radius 1 is 1.13 bits per heavy atom. The first-order valence-electron chi connectivity index (χ1n) is 7.07. The minimum absolute atomic E-state index is 0.900. The SMILES string of the molecule is CCC(CC)CNCCCC1CCCC1. The molecule has 0 amide bonds. The molecule has 0 bridgehead atoms. The Hall–Kier alpha value is -0.0400. The predicted octanol–water partition coefficient (Wildman–Crippen LogP) is 3.98. The van der Waals surface area contributed by atoms with Gasteiger partial charge in [0.1, 0.15) is 0 Å². The molecule has 0 aromatic carbocycles. The van der Waals surface area contributed by atoms with Crippen LogP contribution in [0.4, 0.5) is 0 Å². The van der Waals surface area contributed by atoms with Crippen LogP contribution in [0, 0.1) is 11.8 Å². The highest BCUT2D eigenvalue weighted by atomic mass is 14.8. The number of hydrogen-bond donors (Lipinski definition) is 1. The van der Waals surface area contributed by atoms with Crippen LogP contribution in [-0.2, 0) is 0 Å². The Kier molecular flexibility index (Phi) is 7.08. The van der Waals surface area contributed by atoms with Gasteiger partial charge in [0.2, 0.25) is 0 Å². The molecule has 0 saturated heterocycles. The first-order valence-corrected chi connectivity index (χ1v) is 7.07. The summed E-state index contributed by atoms with van der Waals surface area (Å²) >= 11 is 0. The van der Waals surface area contributed by atoms with E-state index >= 15 is 0 Å². The summed E-state index contributed by atoms with van der Waals surface area (Å²) in [7, 11) is 0. The monoisotopic (exact) mass is 211 g/mol. The molecule has 1 N–H and O–H groups in total. The van der Waals surface area contributed by atoms with Crippen molar-refractivity contribution in [2.45, 2.75) is 65.2 Å². The molecule has 1 heteroatoms. The minimum atomic E-state index is 0.900. The van der Waals surface area contributed by atoms with Crippen molar-refractivity contribution in [2.24, 2.45) is 11.8 Å². The second-order valence-corrected chi connectivity index (χ2v) is 5.18. The van der Waals surface area contributed by atoms with E-state index in [9.17, 15) is 0 Å². The molecule has 15 heavy (non-hydrogen) atoms. The third-order valence-electron chi connectivity index (χ3n) is 4.03. The summed E-state index contributed by atoms with van der Waals surface area (Å²) in [6.07, 6.45) is 11.5. The quantitative estimate of drug-likeness (QED) is 0.599. The molecule has 1 aliphatic rings. The summed E-state index contributed by atoms with van der Waals surface area (Å²) in [6, 6.07) is 0. The summed E-state index contributed by atoms with van der Waals surface area (Å²) in [4.78, 5) is 0. The van der Waals surface area contributed by atoms with Crippen molar-refractivity contribution in [3.05, 3.63) is 0 Å². The van der Waals surface area contributed by atoms with Crippen LogP contribution in [0.3, 0.4) is 0 Å². The van der Waals surface area contributed by atoms with Crippen LogP contribution in [0.25, 0.3) is 0 Å². The van der Waals surface area contributed by atoms with E-state index in [4.69, 9.17) is 0 Å². The van der Waals surface area contributed by atoms with Gasteiger partial charge in [0.15, 0.2) is 0 Å². The van der Waals surface area contributed by atoms with Gasteiger partial charge < -0.3 is 5.32 Å². The smallest absolute Gasteiger partial charge is 0.00207 e. The average Bonchev–Trinajstić information content (AvgIpc) is 2.76. The van der Waals surface area contributed by atoms with E-state index in [1.54, 1.807) is 0 Å². The van der Waals surface area contributed by atoms with Crippen LogP contribution >= 0.6 is 0 Å². The molecule has 1 rings (SSSR count). The molecule has 0 aromatic heterocycles. The summed E-state index contributed by atoms with van der Waals surface area (Å²) < 4.78 is 0. The second-order valence-electron chi connectivity index (χ2n) is 5.18. The summed E-state index contributed by atoms with van der Waals surface area (Å²) in [5.41, 5.74) is 0. The van der Waals surface area contributed by atoms with Crippen LogP contribution in [0.2, 0.25) is 0 Å². The highest BCUT2D eigenvalue weighted by Crippen LogP contribution is 2.28. The molecule has 0 aromatic rings. The summed E-state index contributed by atoms with van der Waals surface area (Å²) in [5.74, 6) is 1.97. The highest BCUT2D eigenvalue weighted by Gasteiger charge is 2.13. The van der Waals surface area contributed by atoms with Crippen molar-refractivity contribution in [1.82, 2.24) is 5.32 Å². The highest BCUT2D eigenvalue weighted by molar-refractivity contribution is 4.68. The lowest BCUT2D eigenvalue weighted by atomic mass is 10.0. The maximum atomic E-state index is 3.61. The van der Waals surface area contributed by atoms with Crippen LogP contribution in [0.15, 0.2) is 0 Å². The van der Waals surface area contributed by atoms with E-state index in [-0.39, 0.29) is 0 Å². The van der Waals surface area contributed by atoms with Crippen LogP contribution in [0.1, 0.15) is 65.2 Å². The first kappa shape index (κ1) is 13.0. The first-order chi connectivity index (χ1) is 7.36. The fourth-order valence-electron chi connectivity index (χ4n) is 2.70. The molecule has 0 radical (unpaired) electrons. The molecule has 0 heterocycles. The molecule has 0 unspecified atom stereocenters. The van der Waals surface area contributed by atoms with Crippen molar-refractivity contribution in [3.63, 3.8) is 0 Å². The molecule has 0 atom stereocenters. The van der Waals surface area contributed by atoms with Gasteiger partial charge in [-0.05, 0) is 37.8 Å². The molecule has 1 nitrogen and oxygen atoms in total. The molecule has 1 fully saturated rings. The lowest BCUT2D eigenvalue weighted by Gasteiger charge is -2.14. The van der Waals surface area contributed by atoms with E-state index in [1.165, 1.54) is 64.5 Å². The predicted molar refractivity (Wildman–Crippen MR) is 68.1 cm³/mol. The maximum absolute atomic E-state index is 3.61. The van der Waals surface area contributed by atoms with Gasteiger partial charge in [-0.25, -0.2) is 0 Å². The van der Waals surface area contributed by atoms with Crippen molar-refractivity contribution < 1.29 is 0 Å². The lowest BCUT2D eigenvalue weighted by Crippen LogP contribution is -2.23. The topological polar surface area (TPSA) is 12.0 Å². The molecular formula is C14H29N. The van der Waals surface area contributed by atoms with Crippen LogP contribution in [0.5, 0.6) is 0 Å². The van der Waals surface area contributed by atoms with E-state index < -0.39 is 0 Å². The molecule has 0 aliphatic heterocycles. The molecule has 90 valence electrons. The molecular weight excluding hydrogens is 182 g/mol. The third kappa shape index (κ3) is 5.55. The average molecular weight is 211 g/mol. The van der Waals surface area contributed by atoms with E-state index in [0.717, 1.165) is 11.8 Å². The van der Waals surface area contributed by atoms with Gasteiger partial charge in [-0.3, -0.25) is 0 Å². The van der Waals surface area contributed by atoms with Gasteiger partial charge in [0.05, 0.1) is 0 Å². The van der Waals surface area contributed by atoms with Gasteiger partial charge in [-0.2, -0.15) is 0 Å². The number of nitrogens with one attached hydrogen (secondary N) is 1. The van der Waals surface area contributed by atoms with E-state index in [0.29, 0.717) is 0 Å². The Morgan fingerprint density at radius 2 is 1.80 bits per heavy atom. The molecule has 0 spiro atoms. The zero-order valence-electron chi connectivity index (χ0n) is 10.7. The Balaban J connectivity index is 1.87. The van der Waals surface area contributed by atoms with Gasteiger partial charge in [0.25, 0.3) is 0 Å². The van der Waals surface area contributed by atoms with Gasteiger partial charge in [0, 0.05) is 0 Å². The summed E-state index contributed by atoms with van der Waals surface area (Å²) in [5, 5.41) is 3.61. The molecule has 1 saturated carbocycles. The molecule has 1 aliphatic carbocycles. The van der Waals surface area contributed by atoms with Crippen LogP contribution < -0.4 is 5.32 Å². The van der Waals surface area contributed by atoms with Crippen molar-refractivity contribution in [2.75, 3.05) is 13.1 Å². The van der Waals surface area contributed by atoms with Crippen molar-refractivity contribution >= 4 is 0 Å². The minimum Gasteiger partial charge on any atom is -0.316 e. The van der Waals surface area contributed by atoms with Crippen LogP contribution in [-0.4, -0.2) is 13.1 Å².